The smallest absolute Gasteiger partial charge is 0.238 e. The van der Waals surface area contributed by atoms with Crippen LogP contribution in [0, 0.1) is 0 Å². The zero-order chi connectivity index (χ0) is 13.9. The second kappa shape index (κ2) is 5.64. The van der Waals surface area contributed by atoms with E-state index in [1.165, 1.54) is 0 Å². The van der Waals surface area contributed by atoms with Crippen molar-refractivity contribution < 1.29 is 4.79 Å². The third kappa shape index (κ3) is 3.00. The lowest BCUT2D eigenvalue weighted by molar-refractivity contribution is -0.115. The molecule has 2 aromatic rings. The van der Waals surface area contributed by atoms with Crippen LogP contribution in [0.25, 0.3) is 5.69 Å². The Hall–Kier alpha value is -1.85. The number of hydrogen-bond donors (Lipinski definition) is 2. The third-order valence-corrected chi connectivity index (χ3v) is 3.43. The van der Waals surface area contributed by atoms with E-state index in [1.807, 2.05) is 12.1 Å². The van der Waals surface area contributed by atoms with Crippen LogP contribution in [0.2, 0.25) is 5.02 Å². The molecule has 6 heteroatoms. The van der Waals surface area contributed by atoms with Gasteiger partial charge in [-0.3, -0.25) is 4.79 Å². The molecule has 1 aromatic heterocycles. The van der Waals surface area contributed by atoms with Crippen molar-refractivity contribution in [2.45, 2.75) is 18.9 Å². The molecule has 2 N–H and O–H groups in total. The Morgan fingerprint density at radius 1 is 1.40 bits per heavy atom. The third-order valence-electron chi connectivity index (χ3n) is 3.12. The number of halogens is 1. The van der Waals surface area contributed by atoms with Gasteiger partial charge >= 0.3 is 0 Å². The molecular weight excluding hydrogens is 276 g/mol. The lowest BCUT2D eigenvalue weighted by Gasteiger charge is -2.13. The Bertz CT molecular complexity index is 608. The first-order valence-electron chi connectivity index (χ1n) is 6.56. The molecule has 0 unspecified atom stereocenters. The molecule has 1 aliphatic carbocycles. The van der Waals surface area contributed by atoms with E-state index in [-0.39, 0.29) is 5.91 Å². The van der Waals surface area contributed by atoms with Gasteiger partial charge < -0.3 is 10.6 Å². The summed E-state index contributed by atoms with van der Waals surface area (Å²) in [5, 5.41) is 10.8. The molecule has 0 bridgehead atoms. The highest BCUT2D eigenvalue weighted by molar-refractivity contribution is 6.33. The van der Waals surface area contributed by atoms with Crippen molar-refractivity contribution in [3.63, 3.8) is 0 Å². The zero-order valence-electron chi connectivity index (χ0n) is 10.8. The van der Waals surface area contributed by atoms with Crippen molar-refractivity contribution in [2.75, 3.05) is 11.9 Å². The second-order valence-corrected chi connectivity index (χ2v) is 5.20. The van der Waals surface area contributed by atoms with Crippen LogP contribution in [0.3, 0.4) is 0 Å². The van der Waals surface area contributed by atoms with Crippen molar-refractivity contribution in [3.05, 3.63) is 41.7 Å². The molecule has 1 saturated carbocycles. The number of carbonyl (C=O) groups excluding carboxylic acids is 1. The van der Waals surface area contributed by atoms with Crippen LogP contribution in [0.15, 0.2) is 36.7 Å². The summed E-state index contributed by atoms with van der Waals surface area (Å²) in [4.78, 5) is 11.9. The monoisotopic (exact) mass is 290 g/mol. The van der Waals surface area contributed by atoms with Crippen LogP contribution in [0.4, 0.5) is 5.69 Å². The van der Waals surface area contributed by atoms with E-state index in [1.54, 1.807) is 29.2 Å². The molecule has 3 rings (SSSR count). The molecule has 1 aliphatic rings. The lowest BCUT2D eigenvalue weighted by Crippen LogP contribution is -2.29. The number of carbonyl (C=O) groups is 1. The Morgan fingerprint density at radius 3 is 2.95 bits per heavy atom. The summed E-state index contributed by atoms with van der Waals surface area (Å²) >= 11 is 6.21. The van der Waals surface area contributed by atoms with Crippen molar-refractivity contribution in [1.29, 1.82) is 0 Å². The van der Waals surface area contributed by atoms with Crippen LogP contribution in [0.1, 0.15) is 12.8 Å². The summed E-state index contributed by atoms with van der Waals surface area (Å²) in [6, 6.07) is 7.71. The van der Waals surface area contributed by atoms with E-state index >= 15 is 0 Å². The number of nitrogens with one attached hydrogen (secondary N) is 2. The first-order chi connectivity index (χ1) is 9.74. The molecule has 0 saturated heterocycles. The van der Waals surface area contributed by atoms with Gasteiger partial charge in [-0.25, -0.2) is 4.68 Å². The van der Waals surface area contributed by atoms with E-state index in [0.29, 0.717) is 29.0 Å². The van der Waals surface area contributed by atoms with Gasteiger partial charge in [0.25, 0.3) is 0 Å². The van der Waals surface area contributed by atoms with Gasteiger partial charge in [0.15, 0.2) is 0 Å². The quantitative estimate of drug-likeness (QED) is 0.888. The summed E-state index contributed by atoms with van der Waals surface area (Å²) in [6.07, 6.45) is 5.77. The Balaban J connectivity index is 1.78. The molecule has 0 atom stereocenters. The maximum atomic E-state index is 11.9. The average molecular weight is 291 g/mol. The molecule has 0 aliphatic heterocycles. The number of amides is 1. The van der Waals surface area contributed by atoms with Gasteiger partial charge in [0.1, 0.15) is 5.69 Å². The Morgan fingerprint density at radius 2 is 2.25 bits per heavy atom. The standard InChI is InChI=1S/C14H15ClN4O/c15-11-3-1-4-12(14(11)19-8-2-7-17-19)18-13(20)9-16-10-5-6-10/h1-4,7-8,10,16H,5-6,9H2,(H,18,20). The molecule has 0 spiro atoms. The highest BCUT2D eigenvalue weighted by Crippen LogP contribution is 2.27. The van der Waals surface area contributed by atoms with Crippen LogP contribution >= 0.6 is 11.6 Å². The molecule has 1 fully saturated rings. The maximum Gasteiger partial charge on any atom is 0.238 e. The van der Waals surface area contributed by atoms with Gasteiger partial charge in [-0.1, -0.05) is 17.7 Å². The minimum Gasteiger partial charge on any atom is -0.323 e. The predicted octanol–water partition coefficient (Wildman–Crippen LogP) is 2.22. The van der Waals surface area contributed by atoms with Crippen LogP contribution in [-0.4, -0.2) is 28.3 Å². The number of para-hydroxylation sites is 1. The van der Waals surface area contributed by atoms with Crippen molar-refractivity contribution in [1.82, 2.24) is 15.1 Å². The van der Waals surface area contributed by atoms with Crippen LogP contribution < -0.4 is 10.6 Å². The minimum atomic E-state index is -0.0763. The second-order valence-electron chi connectivity index (χ2n) is 4.79. The van der Waals surface area contributed by atoms with Crippen LogP contribution in [-0.2, 0) is 4.79 Å². The summed E-state index contributed by atoms with van der Waals surface area (Å²) in [6.45, 7) is 0.315. The fraction of sp³-hybridized carbons (Fsp3) is 0.286. The van der Waals surface area contributed by atoms with Crippen molar-refractivity contribution in [3.8, 4) is 5.69 Å². The largest absolute Gasteiger partial charge is 0.323 e. The SMILES string of the molecule is O=C(CNC1CC1)Nc1cccc(Cl)c1-n1cccn1. The number of aromatic nitrogens is 2. The number of nitrogens with zero attached hydrogens (tertiary/aromatic N) is 2. The number of benzene rings is 1. The van der Waals surface area contributed by atoms with Gasteiger partial charge in [0.05, 0.1) is 17.3 Å². The topological polar surface area (TPSA) is 59.0 Å². The molecule has 104 valence electrons. The fourth-order valence-corrected chi connectivity index (χ4v) is 2.23. The Labute approximate surface area is 121 Å². The van der Waals surface area contributed by atoms with Crippen LogP contribution in [0.5, 0.6) is 0 Å². The fourth-order valence-electron chi connectivity index (χ4n) is 1.97. The zero-order valence-corrected chi connectivity index (χ0v) is 11.6. The van der Waals surface area contributed by atoms with Gasteiger partial charge in [0, 0.05) is 18.4 Å². The van der Waals surface area contributed by atoms with E-state index in [2.05, 4.69) is 15.7 Å². The first kappa shape index (κ1) is 13.1. The summed E-state index contributed by atoms with van der Waals surface area (Å²) in [5.41, 5.74) is 1.34. The van der Waals surface area contributed by atoms with E-state index in [0.717, 1.165) is 12.8 Å². The average Bonchev–Trinajstić information content (AvgIpc) is 3.11. The Kier molecular flexibility index (Phi) is 3.71. The molecular formula is C14H15ClN4O. The number of hydrogen-bond acceptors (Lipinski definition) is 3. The normalized spacial score (nSPS) is 14.2. The van der Waals surface area contributed by atoms with E-state index in [4.69, 9.17) is 11.6 Å². The maximum absolute atomic E-state index is 11.9. The van der Waals surface area contributed by atoms with Gasteiger partial charge in [-0.15, -0.1) is 0 Å². The van der Waals surface area contributed by atoms with E-state index < -0.39 is 0 Å². The molecule has 20 heavy (non-hydrogen) atoms. The predicted molar refractivity (Wildman–Crippen MR) is 78.2 cm³/mol. The van der Waals surface area contributed by atoms with Gasteiger partial charge in [-0.05, 0) is 31.0 Å². The first-order valence-corrected chi connectivity index (χ1v) is 6.93. The lowest BCUT2D eigenvalue weighted by atomic mass is 10.2. The van der Waals surface area contributed by atoms with Gasteiger partial charge in [0.2, 0.25) is 5.91 Å². The highest BCUT2D eigenvalue weighted by Gasteiger charge is 2.21. The molecule has 1 heterocycles. The van der Waals surface area contributed by atoms with Crippen molar-refractivity contribution >= 4 is 23.2 Å². The molecule has 1 aromatic carbocycles. The number of anilines is 1. The summed E-state index contributed by atoms with van der Waals surface area (Å²) in [7, 11) is 0. The van der Waals surface area contributed by atoms with Crippen molar-refractivity contribution in [2.24, 2.45) is 0 Å². The van der Waals surface area contributed by atoms with E-state index in [9.17, 15) is 4.79 Å². The highest BCUT2D eigenvalue weighted by atomic mass is 35.5. The summed E-state index contributed by atoms with van der Waals surface area (Å²) < 4.78 is 1.65. The molecule has 1 amide bonds. The minimum absolute atomic E-state index is 0.0763. The van der Waals surface area contributed by atoms with Gasteiger partial charge in [-0.2, -0.15) is 5.10 Å². The molecule has 0 radical (unpaired) electrons. The summed E-state index contributed by atoms with van der Waals surface area (Å²) in [5.74, 6) is -0.0763. The number of rotatable bonds is 5. The molecule has 5 nitrogen and oxygen atoms in total.